The molecule has 2 nitrogen and oxygen atoms in total. The molecule has 0 amide bonds. The van der Waals surface area contributed by atoms with Gasteiger partial charge in [0, 0.05) is 10.4 Å². The highest BCUT2D eigenvalue weighted by Crippen LogP contribution is 2.20. The van der Waals surface area contributed by atoms with Crippen molar-refractivity contribution in [1.82, 2.24) is 0 Å². The molecule has 1 aromatic carbocycles. The first-order valence-electron chi connectivity index (χ1n) is 6.04. The number of ether oxygens (including phenoxy) is 1. The van der Waals surface area contributed by atoms with Gasteiger partial charge in [-0.1, -0.05) is 6.92 Å². The van der Waals surface area contributed by atoms with Crippen LogP contribution in [0.1, 0.15) is 33.5 Å². The maximum absolute atomic E-state index is 12.2. The average molecular weight is 260 g/mol. The maximum Gasteiger partial charge on any atom is 0.202 e. The van der Waals surface area contributed by atoms with Crippen LogP contribution in [0.25, 0.3) is 0 Å². The van der Waals surface area contributed by atoms with Crippen molar-refractivity contribution in [1.29, 1.82) is 0 Å². The van der Waals surface area contributed by atoms with Crippen molar-refractivity contribution >= 4 is 17.1 Å². The fraction of sp³-hybridized carbons (Fsp3) is 0.267. The van der Waals surface area contributed by atoms with Gasteiger partial charge < -0.3 is 4.74 Å². The molecule has 0 unspecified atom stereocenters. The molecule has 0 fully saturated rings. The van der Waals surface area contributed by atoms with E-state index < -0.39 is 0 Å². The Morgan fingerprint density at radius 2 is 1.89 bits per heavy atom. The summed E-state index contributed by atoms with van der Waals surface area (Å²) in [6.07, 6.45) is 0.981. The zero-order valence-electron chi connectivity index (χ0n) is 10.6. The second-order valence-electron chi connectivity index (χ2n) is 4.11. The van der Waals surface area contributed by atoms with Crippen molar-refractivity contribution in [2.75, 3.05) is 6.61 Å². The Hall–Kier alpha value is -1.61. The third kappa shape index (κ3) is 2.99. The van der Waals surface area contributed by atoms with Gasteiger partial charge in [-0.05, 0) is 49.7 Å². The van der Waals surface area contributed by atoms with Crippen LogP contribution in [0, 0.1) is 6.92 Å². The normalized spacial score (nSPS) is 10.3. The van der Waals surface area contributed by atoms with Crippen LogP contribution in [0.4, 0.5) is 0 Å². The lowest BCUT2D eigenvalue weighted by Gasteiger charge is -2.04. The molecule has 0 radical (unpaired) electrons. The van der Waals surface area contributed by atoms with Crippen LogP contribution >= 0.6 is 11.3 Å². The minimum Gasteiger partial charge on any atom is -0.494 e. The van der Waals surface area contributed by atoms with Gasteiger partial charge in [-0.25, -0.2) is 0 Å². The number of benzene rings is 1. The topological polar surface area (TPSA) is 26.3 Å². The lowest BCUT2D eigenvalue weighted by atomic mass is 10.1. The van der Waals surface area contributed by atoms with Crippen molar-refractivity contribution in [3.8, 4) is 5.75 Å². The number of ketones is 1. The smallest absolute Gasteiger partial charge is 0.202 e. The van der Waals surface area contributed by atoms with Crippen LogP contribution in [0.3, 0.4) is 0 Å². The van der Waals surface area contributed by atoms with E-state index in [-0.39, 0.29) is 5.78 Å². The number of hydrogen-bond acceptors (Lipinski definition) is 3. The molecule has 0 aliphatic carbocycles. The molecule has 94 valence electrons. The van der Waals surface area contributed by atoms with Crippen LogP contribution in [0.15, 0.2) is 36.4 Å². The average Bonchev–Trinajstić information content (AvgIpc) is 2.83. The van der Waals surface area contributed by atoms with E-state index in [4.69, 9.17) is 4.74 Å². The van der Waals surface area contributed by atoms with Gasteiger partial charge in [0.2, 0.25) is 5.78 Å². The molecule has 0 bridgehead atoms. The molecule has 18 heavy (non-hydrogen) atoms. The number of rotatable bonds is 5. The van der Waals surface area contributed by atoms with Crippen LogP contribution in [0.5, 0.6) is 5.75 Å². The zero-order valence-corrected chi connectivity index (χ0v) is 11.4. The van der Waals surface area contributed by atoms with E-state index in [0.717, 1.165) is 21.9 Å². The van der Waals surface area contributed by atoms with Gasteiger partial charge >= 0.3 is 0 Å². The van der Waals surface area contributed by atoms with E-state index in [1.54, 1.807) is 0 Å². The number of aryl methyl sites for hydroxylation is 1. The van der Waals surface area contributed by atoms with E-state index >= 15 is 0 Å². The number of carbonyl (C=O) groups is 1. The summed E-state index contributed by atoms with van der Waals surface area (Å²) in [7, 11) is 0. The van der Waals surface area contributed by atoms with E-state index in [0.29, 0.717) is 12.2 Å². The van der Waals surface area contributed by atoms with Crippen molar-refractivity contribution in [3.05, 3.63) is 51.7 Å². The molecule has 2 rings (SSSR count). The third-order valence-corrected chi connectivity index (χ3v) is 3.55. The maximum atomic E-state index is 12.2. The molecule has 3 heteroatoms. The Kier molecular flexibility index (Phi) is 4.15. The third-order valence-electron chi connectivity index (χ3n) is 2.55. The molecule has 0 aliphatic heterocycles. The molecule has 2 aromatic rings. The fourth-order valence-electron chi connectivity index (χ4n) is 1.62. The molecule has 0 atom stereocenters. The standard InChI is InChI=1S/C15H16O2S/c1-3-10-17-13-7-5-12(6-8-13)15(16)14-9-4-11(2)18-14/h4-9H,3,10H2,1-2H3. The molecule has 0 spiro atoms. The minimum absolute atomic E-state index is 0.0788. The Balaban J connectivity index is 2.12. The second kappa shape index (κ2) is 5.83. The number of thiophene rings is 1. The summed E-state index contributed by atoms with van der Waals surface area (Å²) in [5.41, 5.74) is 0.709. The minimum atomic E-state index is 0.0788. The summed E-state index contributed by atoms with van der Waals surface area (Å²) < 4.78 is 5.49. The van der Waals surface area contributed by atoms with Gasteiger partial charge in [-0.3, -0.25) is 4.79 Å². The Labute approximate surface area is 111 Å². The lowest BCUT2D eigenvalue weighted by Crippen LogP contribution is -1.99. The summed E-state index contributed by atoms with van der Waals surface area (Å²) in [6.45, 7) is 4.78. The molecule has 0 aliphatic rings. The van der Waals surface area contributed by atoms with Gasteiger partial charge in [-0.2, -0.15) is 0 Å². The van der Waals surface area contributed by atoms with Crippen molar-refractivity contribution in [3.63, 3.8) is 0 Å². The fourth-order valence-corrected chi connectivity index (χ4v) is 2.45. The monoisotopic (exact) mass is 260 g/mol. The molecule has 0 N–H and O–H groups in total. The number of hydrogen-bond donors (Lipinski definition) is 0. The van der Waals surface area contributed by atoms with Crippen LogP contribution < -0.4 is 4.74 Å². The van der Waals surface area contributed by atoms with E-state index in [1.807, 2.05) is 43.3 Å². The zero-order chi connectivity index (χ0) is 13.0. The Morgan fingerprint density at radius 1 is 1.17 bits per heavy atom. The summed E-state index contributed by atoms with van der Waals surface area (Å²) in [5, 5.41) is 0. The number of carbonyl (C=O) groups excluding carboxylic acids is 1. The van der Waals surface area contributed by atoms with Crippen LogP contribution in [-0.4, -0.2) is 12.4 Å². The first kappa shape index (κ1) is 12.8. The molecule has 0 saturated heterocycles. The molecule has 0 saturated carbocycles. The van der Waals surface area contributed by atoms with Crippen molar-refractivity contribution < 1.29 is 9.53 Å². The Bertz CT molecular complexity index is 526. The summed E-state index contributed by atoms with van der Waals surface area (Å²) in [6, 6.07) is 11.2. The van der Waals surface area contributed by atoms with E-state index in [2.05, 4.69) is 6.92 Å². The molecule has 1 aromatic heterocycles. The van der Waals surface area contributed by atoms with Crippen molar-refractivity contribution in [2.45, 2.75) is 20.3 Å². The van der Waals surface area contributed by atoms with Gasteiger partial charge in [0.15, 0.2) is 0 Å². The Morgan fingerprint density at radius 3 is 2.44 bits per heavy atom. The predicted octanol–water partition coefficient (Wildman–Crippen LogP) is 4.08. The van der Waals surface area contributed by atoms with Crippen LogP contribution in [0.2, 0.25) is 0 Å². The summed E-state index contributed by atoms with van der Waals surface area (Å²) >= 11 is 1.53. The molecular weight excluding hydrogens is 244 g/mol. The first-order valence-corrected chi connectivity index (χ1v) is 6.86. The van der Waals surface area contributed by atoms with Crippen molar-refractivity contribution in [2.24, 2.45) is 0 Å². The summed E-state index contributed by atoms with van der Waals surface area (Å²) in [5.74, 6) is 0.894. The van der Waals surface area contributed by atoms with E-state index in [1.165, 1.54) is 11.3 Å². The first-order chi connectivity index (χ1) is 8.70. The van der Waals surface area contributed by atoms with Gasteiger partial charge in [-0.15, -0.1) is 11.3 Å². The highest BCUT2D eigenvalue weighted by molar-refractivity contribution is 7.14. The second-order valence-corrected chi connectivity index (χ2v) is 5.40. The highest BCUT2D eigenvalue weighted by Gasteiger charge is 2.10. The molecular formula is C15H16O2S. The van der Waals surface area contributed by atoms with Crippen LogP contribution in [-0.2, 0) is 0 Å². The van der Waals surface area contributed by atoms with Gasteiger partial charge in [0.1, 0.15) is 5.75 Å². The van der Waals surface area contributed by atoms with E-state index in [9.17, 15) is 4.79 Å². The molecule has 1 heterocycles. The quantitative estimate of drug-likeness (QED) is 0.757. The van der Waals surface area contributed by atoms with Gasteiger partial charge in [0.25, 0.3) is 0 Å². The summed E-state index contributed by atoms with van der Waals surface area (Å²) in [4.78, 5) is 14.1. The lowest BCUT2D eigenvalue weighted by molar-refractivity contribution is 0.104. The largest absolute Gasteiger partial charge is 0.494 e. The predicted molar refractivity (Wildman–Crippen MR) is 74.7 cm³/mol. The van der Waals surface area contributed by atoms with Gasteiger partial charge in [0.05, 0.1) is 11.5 Å². The SMILES string of the molecule is CCCOc1ccc(C(=O)c2ccc(C)s2)cc1. The highest BCUT2D eigenvalue weighted by atomic mass is 32.1.